The molecule has 19 heavy (non-hydrogen) atoms. The predicted molar refractivity (Wildman–Crippen MR) is 67.9 cm³/mol. The van der Waals surface area contributed by atoms with Crippen molar-refractivity contribution in [3.8, 4) is 0 Å². The van der Waals surface area contributed by atoms with E-state index in [1.165, 1.54) is 6.20 Å². The second kappa shape index (κ2) is 5.36. The number of rotatable bonds is 2. The molecular weight excluding hydrogens is 255 g/mol. The maximum absolute atomic E-state index is 12.7. The van der Waals surface area contributed by atoms with Gasteiger partial charge in [0.1, 0.15) is 5.82 Å². The molecule has 1 aromatic rings. The summed E-state index contributed by atoms with van der Waals surface area (Å²) >= 11 is 0. The van der Waals surface area contributed by atoms with E-state index in [-0.39, 0.29) is 12.1 Å². The van der Waals surface area contributed by atoms with Crippen molar-refractivity contribution >= 4 is 5.82 Å². The Kier molecular flexibility index (Phi) is 3.99. The fraction of sp³-hybridized carbons (Fsp3) is 0.615. The number of hydrogen-bond acceptors (Lipinski definition) is 3. The number of aromatic nitrogens is 1. The van der Waals surface area contributed by atoms with E-state index in [0.29, 0.717) is 12.4 Å². The first-order valence-electron chi connectivity index (χ1n) is 6.45. The summed E-state index contributed by atoms with van der Waals surface area (Å²) in [6.07, 6.45) is -0.215. The maximum Gasteiger partial charge on any atom is 0.416 e. The molecule has 3 nitrogen and oxygen atoms in total. The van der Waals surface area contributed by atoms with Crippen LogP contribution in [0.5, 0.6) is 0 Å². The van der Waals surface area contributed by atoms with Crippen LogP contribution in [0.15, 0.2) is 18.3 Å². The Morgan fingerprint density at radius 1 is 1.42 bits per heavy atom. The minimum atomic E-state index is -4.34. The van der Waals surface area contributed by atoms with Crippen molar-refractivity contribution in [2.75, 3.05) is 11.4 Å². The Bertz CT molecular complexity index is 433. The van der Waals surface area contributed by atoms with Crippen LogP contribution < -0.4 is 10.6 Å². The van der Waals surface area contributed by atoms with Crippen LogP contribution >= 0.6 is 0 Å². The van der Waals surface area contributed by atoms with E-state index in [1.807, 2.05) is 11.8 Å². The third-order valence-corrected chi connectivity index (χ3v) is 3.64. The Labute approximate surface area is 110 Å². The molecule has 0 amide bonds. The van der Waals surface area contributed by atoms with E-state index in [2.05, 4.69) is 4.98 Å². The van der Waals surface area contributed by atoms with Crippen molar-refractivity contribution in [1.29, 1.82) is 0 Å². The number of nitrogens with two attached hydrogens (primary N) is 1. The molecule has 0 aromatic carbocycles. The van der Waals surface area contributed by atoms with E-state index >= 15 is 0 Å². The van der Waals surface area contributed by atoms with Gasteiger partial charge in [-0.3, -0.25) is 0 Å². The second-order valence-corrected chi connectivity index (χ2v) is 4.98. The standard InChI is InChI=1S/C13H18F3N3/c1-9-3-2-4-11(8-17)19(9)12-7-10(5-6-18-12)13(14,15)16/h5-7,9,11H,2-4,8,17H2,1H3. The largest absolute Gasteiger partial charge is 0.416 e. The van der Waals surface area contributed by atoms with Crippen molar-refractivity contribution in [3.63, 3.8) is 0 Å². The topological polar surface area (TPSA) is 42.1 Å². The molecule has 2 unspecified atom stereocenters. The van der Waals surface area contributed by atoms with Gasteiger partial charge in [-0.1, -0.05) is 0 Å². The molecule has 6 heteroatoms. The van der Waals surface area contributed by atoms with E-state index in [0.717, 1.165) is 31.4 Å². The number of nitrogens with zero attached hydrogens (tertiary/aromatic N) is 2. The van der Waals surface area contributed by atoms with Crippen LogP contribution in [0, 0.1) is 0 Å². The van der Waals surface area contributed by atoms with Gasteiger partial charge in [0.05, 0.1) is 5.56 Å². The first kappa shape index (κ1) is 14.1. The summed E-state index contributed by atoms with van der Waals surface area (Å²) < 4.78 is 38.2. The highest BCUT2D eigenvalue weighted by molar-refractivity contribution is 5.44. The van der Waals surface area contributed by atoms with Crippen molar-refractivity contribution in [2.45, 2.75) is 44.4 Å². The molecule has 2 rings (SSSR count). The fourth-order valence-electron chi connectivity index (χ4n) is 2.67. The van der Waals surface area contributed by atoms with Gasteiger partial charge in [-0.05, 0) is 38.3 Å². The van der Waals surface area contributed by atoms with Gasteiger partial charge in [-0.25, -0.2) is 4.98 Å². The van der Waals surface area contributed by atoms with Crippen LogP contribution in [0.3, 0.4) is 0 Å². The van der Waals surface area contributed by atoms with E-state index < -0.39 is 11.7 Å². The number of piperidine rings is 1. The highest BCUT2D eigenvalue weighted by Gasteiger charge is 2.33. The van der Waals surface area contributed by atoms with E-state index in [1.54, 1.807) is 0 Å². The summed E-state index contributed by atoms with van der Waals surface area (Å²) in [6.45, 7) is 2.44. The predicted octanol–water partition coefficient (Wildman–Crippen LogP) is 2.81. The van der Waals surface area contributed by atoms with E-state index in [4.69, 9.17) is 5.73 Å². The first-order valence-corrected chi connectivity index (χ1v) is 6.45. The first-order chi connectivity index (χ1) is 8.93. The number of hydrogen-bond donors (Lipinski definition) is 1. The quantitative estimate of drug-likeness (QED) is 0.901. The van der Waals surface area contributed by atoms with Gasteiger partial charge in [-0.15, -0.1) is 0 Å². The molecule has 2 heterocycles. The molecule has 1 aromatic heterocycles. The van der Waals surface area contributed by atoms with Crippen molar-refractivity contribution < 1.29 is 13.2 Å². The van der Waals surface area contributed by atoms with Gasteiger partial charge in [0.25, 0.3) is 0 Å². The highest BCUT2D eigenvalue weighted by atomic mass is 19.4. The zero-order valence-corrected chi connectivity index (χ0v) is 10.8. The van der Waals surface area contributed by atoms with Crippen LogP contribution in [0.25, 0.3) is 0 Å². The van der Waals surface area contributed by atoms with Crippen molar-refractivity contribution in [1.82, 2.24) is 4.98 Å². The summed E-state index contributed by atoms with van der Waals surface area (Å²) in [5.74, 6) is 0.373. The van der Waals surface area contributed by atoms with Crippen molar-refractivity contribution in [3.05, 3.63) is 23.9 Å². The lowest BCUT2D eigenvalue weighted by molar-refractivity contribution is -0.137. The molecule has 0 radical (unpaired) electrons. The van der Waals surface area contributed by atoms with Crippen LogP contribution in [0.1, 0.15) is 31.7 Å². The lowest BCUT2D eigenvalue weighted by Gasteiger charge is -2.41. The molecule has 1 aliphatic heterocycles. The zero-order chi connectivity index (χ0) is 14.0. The number of alkyl halides is 3. The summed E-state index contributed by atoms with van der Waals surface area (Å²) in [5, 5.41) is 0. The highest BCUT2D eigenvalue weighted by Crippen LogP contribution is 2.33. The molecule has 0 aliphatic carbocycles. The van der Waals surface area contributed by atoms with Gasteiger partial charge >= 0.3 is 6.18 Å². The minimum Gasteiger partial charge on any atom is -0.350 e. The second-order valence-electron chi connectivity index (χ2n) is 4.98. The summed E-state index contributed by atoms with van der Waals surface area (Å²) in [5.41, 5.74) is 5.06. The average Bonchev–Trinajstić information content (AvgIpc) is 2.37. The number of anilines is 1. The molecule has 2 N–H and O–H groups in total. The van der Waals surface area contributed by atoms with Crippen LogP contribution in [-0.4, -0.2) is 23.6 Å². The molecule has 1 aliphatic rings. The SMILES string of the molecule is CC1CCCC(CN)N1c1cc(C(F)(F)F)ccn1. The maximum atomic E-state index is 12.7. The van der Waals surface area contributed by atoms with Gasteiger partial charge in [-0.2, -0.15) is 13.2 Å². The van der Waals surface area contributed by atoms with Gasteiger partial charge in [0.2, 0.25) is 0 Å². The smallest absolute Gasteiger partial charge is 0.350 e. The monoisotopic (exact) mass is 273 g/mol. The van der Waals surface area contributed by atoms with Gasteiger partial charge < -0.3 is 10.6 Å². The van der Waals surface area contributed by atoms with Crippen LogP contribution in [0.2, 0.25) is 0 Å². The Hall–Kier alpha value is -1.30. The minimum absolute atomic E-state index is 0.0692. The molecule has 1 fully saturated rings. The van der Waals surface area contributed by atoms with Gasteiger partial charge in [0.15, 0.2) is 0 Å². The normalized spacial score (nSPS) is 24.6. The lowest BCUT2D eigenvalue weighted by Crippen LogP contribution is -2.49. The Balaban J connectivity index is 2.33. The third-order valence-electron chi connectivity index (χ3n) is 3.64. The van der Waals surface area contributed by atoms with Crippen LogP contribution in [0.4, 0.5) is 19.0 Å². The Morgan fingerprint density at radius 3 is 2.79 bits per heavy atom. The Morgan fingerprint density at radius 2 is 2.16 bits per heavy atom. The molecule has 1 saturated heterocycles. The number of halogens is 3. The fourth-order valence-corrected chi connectivity index (χ4v) is 2.67. The molecular formula is C13H18F3N3. The molecule has 0 spiro atoms. The molecule has 2 atom stereocenters. The van der Waals surface area contributed by atoms with E-state index in [9.17, 15) is 13.2 Å². The van der Waals surface area contributed by atoms with Crippen molar-refractivity contribution in [2.24, 2.45) is 5.73 Å². The zero-order valence-electron chi connectivity index (χ0n) is 10.8. The molecule has 0 saturated carbocycles. The molecule has 106 valence electrons. The average molecular weight is 273 g/mol. The summed E-state index contributed by atoms with van der Waals surface area (Å²) in [4.78, 5) is 6.02. The van der Waals surface area contributed by atoms with Gasteiger partial charge in [0, 0.05) is 24.8 Å². The number of pyridine rings is 1. The summed E-state index contributed by atoms with van der Waals surface area (Å²) in [7, 11) is 0. The third kappa shape index (κ3) is 3.00. The lowest BCUT2D eigenvalue weighted by atomic mass is 9.96. The summed E-state index contributed by atoms with van der Waals surface area (Å²) in [6, 6.07) is 2.35. The van der Waals surface area contributed by atoms with Crippen LogP contribution in [-0.2, 0) is 6.18 Å². The molecule has 0 bridgehead atoms.